The van der Waals surface area contributed by atoms with Gasteiger partial charge in [0.1, 0.15) is 0 Å². The van der Waals surface area contributed by atoms with Gasteiger partial charge in [-0.05, 0) is 41.8 Å². The molecule has 0 aliphatic rings. The number of carboxylic acids is 1. The molecular formula is C14H14N2O2. The molecule has 1 aromatic heterocycles. The van der Waals surface area contributed by atoms with Gasteiger partial charge in [-0.25, -0.2) is 0 Å². The van der Waals surface area contributed by atoms with Gasteiger partial charge in [-0.2, -0.15) is 0 Å². The SMILES string of the molecule is Nc1ccc(C(Cc2ccncc2)C(=O)O)cc1. The Hall–Kier alpha value is -2.36. The zero-order valence-corrected chi connectivity index (χ0v) is 9.78. The van der Waals surface area contributed by atoms with Crippen molar-refractivity contribution in [3.8, 4) is 0 Å². The second-order valence-electron chi connectivity index (χ2n) is 4.12. The predicted octanol–water partition coefficient (Wildman–Crippen LogP) is 2.07. The van der Waals surface area contributed by atoms with Gasteiger partial charge in [0.15, 0.2) is 0 Å². The van der Waals surface area contributed by atoms with Crippen molar-refractivity contribution in [1.29, 1.82) is 0 Å². The van der Waals surface area contributed by atoms with E-state index >= 15 is 0 Å². The Labute approximate surface area is 105 Å². The van der Waals surface area contributed by atoms with Gasteiger partial charge in [0.05, 0.1) is 5.92 Å². The number of pyridine rings is 1. The summed E-state index contributed by atoms with van der Waals surface area (Å²) in [5.74, 6) is -1.40. The highest BCUT2D eigenvalue weighted by atomic mass is 16.4. The Kier molecular flexibility index (Phi) is 3.57. The van der Waals surface area contributed by atoms with Crippen LogP contribution in [0.4, 0.5) is 5.69 Å². The number of carbonyl (C=O) groups is 1. The molecule has 0 aliphatic heterocycles. The van der Waals surface area contributed by atoms with E-state index < -0.39 is 11.9 Å². The first kappa shape index (κ1) is 12.1. The van der Waals surface area contributed by atoms with Gasteiger partial charge in [-0.3, -0.25) is 9.78 Å². The summed E-state index contributed by atoms with van der Waals surface area (Å²) < 4.78 is 0. The zero-order chi connectivity index (χ0) is 13.0. The van der Waals surface area contributed by atoms with Crippen LogP contribution < -0.4 is 5.73 Å². The molecule has 3 N–H and O–H groups in total. The first-order valence-electron chi connectivity index (χ1n) is 5.64. The number of hydrogen-bond donors (Lipinski definition) is 2. The lowest BCUT2D eigenvalue weighted by molar-refractivity contribution is -0.138. The fourth-order valence-corrected chi connectivity index (χ4v) is 1.83. The third-order valence-corrected chi connectivity index (χ3v) is 2.83. The lowest BCUT2D eigenvalue weighted by Crippen LogP contribution is -2.14. The first-order valence-corrected chi connectivity index (χ1v) is 5.64. The van der Waals surface area contributed by atoms with Crippen LogP contribution in [0, 0.1) is 0 Å². The minimum Gasteiger partial charge on any atom is -0.481 e. The van der Waals surface area contributed by atoms with E-state index in [4.69, 9.17) is 5.73 Å². The summed E-state index contributed by atoms with van der Waals surface area (Å²) in [5, 5.41) is 9.31. The summed E-state index contributed by atoms with van der Waals surface area (Å²) in [6.07, 6.45) is 3.77. The Morgan fingerprint density at radius 2 is 1.78 bits per heavy atom. The maximum atomic E-state index is 11.3. The minimum atomic E-state index is -0.836. The van der Waals surface area contributed by atoms with Crippen LogP contribution in [0.3, 0.4) is 0 Å². The van der Waals surface area contributed by atoms with Crippen molar-refractivity contribution in [1.82, 2.24) is 4.98 Å². The Balaban J connectivity index is 2.24. The van der Waals surface area contributed by atoms with Crippen molar-refractivity contribution in [3.63, 3.8) is 0 Å². The van der Waals surface area contributed by atoms with Crippen LogP contribution in [-0.2, 0) is 11.2 Å². The van der Waals surface area contributed by atoms with Crippen molar-refractivity contribution in [2.45, 2.75) is 12.3 Å². The van der Waals surface area contributed by atoms with E-state index in [-0.39, 0.29) is 0 Å². The van der Waals surface area contributed by atoms with Crippen LogP contribution in [0.25, 0.3) is 0 Å². The molecule has 0 bridgehead atoms. The molecule has 0 saturated heterocycles. The molecule has 92 valence electrons. The van der Waals surface area contributed by atoms with Gasteiger partial charge in [0.2, 0.25) is 0 Å². The molecule has 2 aromatic rings. The average Bonchev–Trinajstić information content (AvgIpc) is 2.38. The molecule has 2 rings (SSSR count). The van der Waals surface area contributed by atoms with Gasteiger partial charge in [-0.15, -0.1) is 0 Å². The minimum absolute atomic E-state index is 0.446. The summed E-state index contributed by atoms with van der Waals surface area (Å²) in [5.41, 5.74) is 7.94. The number of carboxylic acid groups (broad SMARTS) is 1. The molecule has 1 atom stereocenters. The Morgan fingerprint density at radius 1 is 1.17 bits per heavy atom. The number of hydrogen-bond acceptors (Lipinski definition) is 3. The molecule has 1 heterocycles. The highest BCUT2D eigenvalue weighted by Gasteiger charge is 2.20. The Morgan fingerprint density at radius 3 is 2.33 bits per heavy atom. The fraction of sp³-hybridized carbons (Fsp3) is 0.143. The summed E-state index contributed by atoms with van der Waals surface area (Å²) in [6, 6.07) is 10.6. The van der Waals surface area contributed by atoms with Gasteiger partial charge in [0, 0.05) is 18.1 Å². The van der Waals surface area contributed by atoms with Gasteiger partial charge >= 0.3 is 5.97 Å². The van der Waals surface area contributed by atoms with Crippen LogP contribution in [0.15, 0.2) is 48.8 Å². The van der Waals surface area contributed by atoms with Crippen LogP contribution in [-0.4, -0.2) is 16.1 Å². The summed E-state index contributed by atoms with van der Waals surface area (Å²) >= 11 is 0. The van der Waals surface area contributed by atoms with Crippen molar-refractivity contribution in [3.05, 3.63) is 59.9 Å². The molecule has 1 unspecified atom stereocenters. The maximum Gasteiger partial charge on any atom is 0.311 e. The van der Waals surface area contributed by atoms with Crippen molar-refractivity contribution in [2.75, 3.05) is 5.73 Å². The van der Waals surface area contributed by atoms with Crippen LogP contribution in [0.5, 0.6) is 0 Å². The number of benzene rings is 1. The fourth-order valence-electron chi connectivity index (χ4n) is 1.83. The zero-order valence-electron chi connectivity index (χ0n) is 9.78. The molecule has 0 saturated carbocycles. The highest BCUT2D eigenvalue weighted by Crippen LogP contribution is 2.22. The van der Waals surface area contributed by atoms with E-state index in [1.54, 1.807) is 36.7 Å². The predicted molar refractivity (Wildman–Crippen MR) is 69.2 cm³/mol. The molecule has 1 aromatic carbocycles. The summed E-state index contributed by atoms with van der Waals surface area (Å²) in [7, 11) is 0. The topological polar surface area (TPSA) is 76.2 Å². The third kappa shape index (κ3) is 2.85. The monoisotopic (exact) mass is 242 g/mol. The highest BCUT2D eigenvalue weighted by molar-refractivity contribution is 5.76. The number of anilines is 1. The lowest BCUT2D eigenvalue weighted by atomic mass is 9.92. The molecule has 4 nitrogen and oxygen atoms in total. The number of aromatic nitrogens is 1. The van der Waals surface area contributed by atoms with E-state index in [1.165, 1.54) is 0 Å². The number of rotatable bonds is 4. The average molecular weight is 242 g/mol. The summed E-state index contributed by atoms with van der Waals surface area (Å²) in [4.78, 5) is 15.3. The number of aliphatic carboxylic acids is 1. The molecule has 0 amide bonds. The van der Waals surface area contributed by atoms with E-state index in [0.717, 1.165) is 11.1 Å². The van der Waals surface area contributed by atoms with Gasteiger partial charge in [0.25, 0.3) is 0 Å². The second kappa shape index (κ2) is 5.31. The number of nitrogens with zero attached hydrogens (tertiary/aromatic N) is 1. The first-order chi connectivity index (χ1) is 8.66. The molecular weight excluding hydrogens is 228 g/mol. The van der Waals surface area contributed by atoms with Crippen LogP contribution in [0.1, 0.15) is 17.0 Å². The summed E-state index contributed by atoms with van der Waals surface area (Å²) in [6.45, 7) is 0. The molecule has 0 fully saturated rings. The lowest BCUT2D eigenvalue weighted by Gasteiger charge is -2.13. The van der Waals surface area contributed by atoms with Crippen molar-refractivity contribution in [2.24, 2.45) is 0 Å². The van der Waals surface area contributed by atoms with Crippen LogP contribution in [0.2, 0.25) is 0 Å². The third-order valence-electron chi connectivity index (χ3n) is 2.83. The molecule has 0 radical (unpaired) electrons. The second-order valence-corrected chi connectivity index (χ2v) is 4.12. The largest absolute Gasteiger partial charge is 0.481 e. The number of nitrogen functional groups attached to an aromatic ring is 1. The van der Waals surface area contributed by atoms with Gasteiger partial charge in [-0.1, -0.05) is 12.1 Å². The molecule has 18 heavy (non-hydrogen) atoms. The van der Waals surface area contributed by atoms with E-state index in [9.17, 15) is 9.90 Å². The Bertz CT molecular complexity index is 523. The molecule has 0 spiro atoms. The number of nitrogens with two attached hydrogens (primary N) is 1. The molecule has 4 heteroatoms. The maximum absolute atomic E-state index is 11.3. The van der Waals surface area contributed by atoms with Crippen LogP contribution >= 0.6 is 0 Å². The van der Waals surface area contributed by atoms with Crippen molar-refractivity contribution < 1.29 is 9.90 Å². The normalized spacial score (nSPS) is 12.0. The standard InChI is InChI=1S/C14H14N2O2/c15-12-3-1-11(2-4-12)13(14(17)18)9-10-5-7-16-8-6-10/h1-8,13H,9,15H2,(H,17,18). The van der Waals surface area contributed by atoms with E-state index in [0.29, 0.717) is 12.1 Å². The van der Waals surface area contributed by atoms with E-state index in [1.807, 2.05) is 12.1 Å². The van der Waals surface area contributed by atoms with Gasteiger partial charge < -0.3 is 10.8 Å². The smallest absolute Gasteiger partial charge is 0.311 e. The van der Waals surface area contributed by atoms with E-state index in [2.05, 4.69) is 4.98 Å². The van der Waals surface area contributed by atoms with Crippen molar-refractivity contribution >= 4 is 11.7 Å². The molecule has 0 aliphatic carbocycles. The quantitative estimate of drug-likeness (QED) is 0.805.